The van der Waals surface area contributed by atoms with Gasteiger partial charge in [0.2, 0.25) is 10.0 Å². The SMILES string of the molecule is CSc1ccc(C2Nc3ccccc3S(=O)(=O)N2CCc2ccc(Cl)cc2)cc1. The molecule has 0 bridgehead atoms. The summed E-state index contributed by atoms with van der Waals surface area (Å²) in [6, 6.07) is 22.6. The Morgan fingerprint density at radius 2 is 1.69 bits per heavy atom. The van der Waals surface area contributed by atoms with Crippen molar-refractivity contribution < 1.29 is 8.42 Å². The first kappa shape index (κ1) is 20.3. The minimum atomic E-state index is -3.63. The Labute approximate surface area is 180 Å². The second kappa shape index (κ2) is 8.40. The Kier molecular flexibility index (Phi) is 5.88. The molecule has 150 valence electrons. The van der Waals surface area contributed by atoms with Crippen LogP contribution in [-0.4, -0.2) is 25.5 Å². The van der Waals surface area contributed by atoms with E-state index in [2.05, 4.69) is 5.32 Å². The number of nitrogens with zero attached hydrogens (tertiary/aromatic N) is 1. The fourth-order valence-electron chi connectivity index (χ4n) is 3.47. The van der Waals surface area contributed by atoms with E-state index in [1.54, 1.807) is 28.2 Å². The topological polar surface area (TPSA) is 49.4 Å². The number of hydrogen-bond acceptors (Lipinski definition) is 4. The zero-order valence-electron chi connectivity index (χ0n) is 15.9. The summed E-state index contributed by atoms with van der Waals surface area (Å²) in [6.45, 7) is 0.361. The van der Waals surface area contributed by atoms with Gasteiger partial charge in [-0.25, -0.2) is 8.42 Å². The molecule has 1 aliphatic rings. The summed E-state index contributed by atoms with van der Waals surface area (Å²) in [5.74, 6) is 0. The summed E-state index contributed by atoms with van der Waals surface area (Å²) in [4.78, 5) is 1.45. The van der Waals surface area contributed by atoms with Gasteiger partial charge in [0.25, 0.3) is 0 Å². The quantitative estimate of drug-likeness (QED) is 0.534. The second-order valence-electron chi connectivity index (χ2n) is 6.81. The molecule has 3 aromatic rings. The highest BCUT2D eigenvalue weighted by Crippen LogP contribution is 2.38. The molecular formula is C22H21ClN2O2S2. The van der Waals surface area contributed by atoms with Gasteiger partial charge in [-0.3, -0.25) is 0 Å². The molecule has 7 heteroatoms. The van der Waals surface area contributed by atoms with Crippen LogP contribution in [-0.2, 0) is 16.4 Å². The Balaban J connectivity index is 1.70. The molecule has 4 rings (SSSR count). The second-order valence-corrected chi connectivity index (χ2v) is 9.98. The van der Waals surface area contributed by atoms with Gasteiger partial charge in [-0.2, -0.15) is 4.31 Å². The highest BCUT2D eigenvalue weighted by molar-refractivity contribution is 7.98. The number of nitrogens with one attached hydrogen (secondary N) is 1. The van der Waals surface area contributed by atoms with Crippen molar-refractivity contribution in [2.45, 2.75) is 22.4 Å². The van der Waals surface area contributed by atoms with Crippen molar-refractivity contribution in [2.75, 3.05) is 18.1 Å². The Morgan fingerprint density at radius 3 is 2.38 bits per heavy atom. The molecule has 4 nitrogen and oxygen atoms in total. The third kappa shape index (κ3) is 4.16. The molecule has 0 aliphatic carbocycles. The van der Waals surface area contributed by atoms with Gasteiger partial charge >= 0.3 is 0 Å². The molecule has 0 spiro atoms. The number of rotatable bonds is 5. The van der Waals surface area contributed by atoms with Crippen LogP contribution in [0.4, 0.5) is 5.69 Å². The number of halogens is 1. The maximum atomic E-state index is 13.4. The molecule has 1 heterocycles. The fraction of sp³-hybridized carbons (Fsp3) is 0.182. The average molecular weight is 445 g/mol. The highest BCUT2D eigenvalue weighted by Gasteiger charge is 2.38. The van der Waals surface area contributed by atoms with Gasteiger partial charge in [-0.1, -0.05) is 48.0 Å². The predicted molar refractivity (Wildman–Crippen MR) is 120 cm³/mol. The molecule has 0 saturated carbocycles. The van der Waals surface area contributed by atoms with E-state index >= 15 is 0 Å². The number of anilines is 1. The van der Waals surface area contributed by atoms with Crippen LogP contribution < -0.4 is 5.32 Å². The van der Waals surface area contributed by atoms with Gasteiger partial charge in [0.05, 0.1) is 5.69 Å². The van der Waals surface area contributed by atoms with Crippen molar-refractivity contribution in [3.8, 4) is 0 Å². The van der Waals surface area contributed by atoms with Gasteiger partial charge in [-0.15, -0.1) is 11.8 Å². The monoisotopic (exact) mass is 444 g/mol. The van der Waals surface area contributed by atoms with Crippen LogP contribution in [0.2, 0.25) is 5.02 Å². The number of thioether (sulfide) groups is 1. The number of fused-ring (bicyclic) bond motifs is 1. The smallest absolute Gasteiger partial charge is 0.247 e. The lowest BCUT2D eigenvalue weighted by Gasteiger charge is -2.37. The molecule has 1 atom stereocenters. The van der Waals surface area contributed by atoms with E-state index in [4.69, 9.17) is 11.6 Å². The van der Waals surface area contributed by atoms with Crippen molar-refractivity contribution in [3.63, 3.8) is 0 Å². The van der Waals surface area contributed by atoms with E-state index < -0.39 is 16.2 Å². The molecule has 1 N–H and O–H groups in total. The first-order valence-corrected chi connectivity index (χ1v) is 12.3. The molecule has 1 aliphatic heterocycles. The van der Waals surface area contributed by atoms with E-state index in [0.717, 1.165) is 16.0 Å². The zero-order valence-corrected chi connectivity index (χ0v) is 18.3. The summed E-state index contributed by atoms with van der Waals surface area (Å²) in [5, 5.41) is 4.09. The van der Waals surface area contributed by atoms with Crippen LogP contribution >= 0.6 is 23.4 Å². The number of hydrogen-bond donors (Lipinski definition) is 1. The lowest BCUT2D eigenvalue weighted by atomic mass is 10.1. The van der Waals surface area contributed by atoms with Crippen molar-refractivity contribution >= 4 is 39.1 Å². The largest absolute Gasteiger partial charge is 0.364 e. The molecule has 1 unspecified atom stereocenters. The van der Waals surface area contributed by atoms with Gasteiger partial charge in [0.1, 0.15) is 11.1 Å². The summed E-state index contributed by atoms with van der Waals surface area (Å²) < 4.78 is 28.4. The molecule has 29 heavy (non-hydrogen) atoms. The van der Waals surface area contributed by atoms with Crippen LogP contribution in [0.25, 0.3) is 0 Å². The number of benzene rings is 3. The highest BCUT2D eigenvalue weighted by atomic mass is 35.5. The van der Waals surface area contributed by atoms with E-state index in [-0.39, 0.29) is 0 Å². The summed E-state index contributed by atoms with van der Waals surface area (Å²) in [5.41, 5.74) is 2.59. The first-order valence-electron chi connectivity index (χ1n) is 9.25. The Morgan fingerprint density at radius 1 is 1.00 bits per heavy atom. The van der Waals surface area contributed by atoms with E-state index in [1.165, 1.54) is 0 Å². The minimum Gasteiger partial charge on any atom is -0.364 e. The van der Waals surface area contributed by atoms with Crippen LogP contribution in [0.1, 0.15) is 17.3 Å². The van der Waals surface area contributed by atoms with E-state index in [9.17, 15) is 8.42 Å². The van der Waals surface area contributed by atoms with Gasteiger partial charge < -0.3 is 5.32 Å². The average Bonchev–Trinajstić information content (AvgIpc) is 2.74. The van der Waals surface area contributed by atoms with Gasteiger partial charge in [0, 0.05) is 16.5 Å². The maximum absolute atomic E-state index is 13.4. The summed E-state index contributed by atoms with van der Waals surface area (Å²) in [7, 11) is -3.63. The van der Waals surface area contributed by atoms with Gasteiger partial charge in [0.15, 0.2) is 0 Å². The zero-order chi connectivity index (χ0) is 20.4. The van der Waals surface area contributed by atoms with Crippen LogP contribution in [0.3, 0.4) is 0 Å². The normalized spacial score (nSPS) is 18.1. The Hall–Kier alpha value is -1.99. The minimum absolute atomic E-state index is 0.313. The number of para-hydroxylation sites is 1. The van der Waals surface area contributed by atoms with Gasteiger partial charge in [-0.05, 0) is 60.2 Å². The molecule has 0 fully saturated rings. The summed E-state index contributed by atoms with van der Waals surface area (Å²) >= 11 is 7.63. The van der Waals surface area contributed by atoms with Crippen LogP contribution in [0.5, 0.6) is 0 Å². The number of sulfonamides is 1. The van der Waals surface area contributed by atoms with Crippen molar-refractivity contribution in [2.24, 2.45) is 0 Å². The molecule has 3 aromatic carbocycles. The lowest BCUT2D eigenvalue weighted by Crippen LogP contribution is -2.43. The van der Waals surface area contributed by atoms with Crippen LogP contribution in [0.15, 0.2) is 82.6 Å². The summed E-state index contributed by atoms with van der Waals surface area (Å²) in [6.07, 6.45) is 2.16. The molecule has 0 radical (unpaired) electrons. The molecule has 0 amide bonds. The van der Waals surface area contributed by atoms with Crippen molar-refractivity contribution in [1.29, 1.82) is 0 Å². The fourth-order valence-corrected chi connectivity index (χ4v) is 5.70. The van der Waals surface area contributed by atoms with E-state index in [1.807, 2.05) is 66.9 Å². The Bertz CT molecular complexity index is 1100. The first-order chi connectivity index (χ1) is 14.0. The predicted octanol–water partition coefficient (Wildman–Crippen LogP) is 5.42. The van der Waals surface area contributed by atoms with Crippen molar-refractivity contribution in [3.05, 3.63) is 88.9 Å². The third-order valence-corrected chi connectivity index (χ3v) is 7.94. The molecular weight excluding hydrogens is 424 g/mol. The van der Waals surface area contributed by atoms with E-state index in [0.29, 0.717) is 28.6 Å². The van der Waals surface area contributed by atoms with Crippen LogP contribution in [0, 0.1) is 0 Å². The molecule has 0 saturated heterocycles. The maximum Gasteiger partial charge on any atom is 0.247 e. The molecule has 0 aromatic heterocycles. The standard InChI is InChI=1S/C22H21ClN2O2S2/c1-28-19-12-8-17(9-13-19)22-24-20-4-2-3-5-21(20)29(26,27)25(22)15-14-16-6-10-18(23)11-7-16/h2-13,22,24H,14-15H2,1H3. The lowest BCUT2D eigenvalue weighted by molar-refractivity contribution is 0.345. The van der Waals surface area contributed by atoms with Crippen molar-refractivity contribution in [1.82, 2.24) is 4.31 Å². The third-order valence-electron chi connectivity index (χ3n) is 5.02.